The van der Waals surface area contributed by atoms with Crippen molar-refractivity contribution < 1.29 is 14.3 Å². The Balaban J connectivity index is 1.40. The van der Waals surface area contributed by atoms with Crippen molar-refractivity contribution in [2.24, 2.45) is 0 Å². The molecule has 6 nitrogen and oxygen atoms in total. The highest BCUT2D eigenvalue weighted by molar-refractivity contribution is 9.10. The third kappa shape index (κ3) is 5.48. The summed E-state index contributed by atoms with van der Waals surface area (Å²) >= 11 is 3.64. The van der Waals surface area contributed by atoms with Crippen molar-refractivity contribution in [3.63, 3.8) is 0 Å². The van der Waals surface area contributed by atoms with Crippen LogP contribution in [-0.4, -0.2) is 83.4 Å². The monoisotopic (exact) mass is 535 g/mol. The molecule has 0 saturated carbocycles. The average Bonchev–Trinajstić information content (AvgIpc) is 3.10. The Morgan fingerprint density at radius 1 is 1.18 bits per heavy atom. The smallest absolute Gasteiger partial charge is 0.410 e. The summed E-state index contributed by atoms with van der Waals surface area (Å²) in [4.78, 5) is 19.7. The maximum absolute atomic E-state index is 12.5. The van der Waals surface area contributed by atoms with Gasteiger partial charge in [0.2, 0.25) is 0 Å². The number of halogens is 1. The van der Waals surface area contributed by atoms with Crippen LogP contribution in [0, 0.1) is 0 Å². The van der Waals surface area contributed by atoms with Gasteiger partial charge in [-0.25, -0.2) is 4.79 Å². The standard InChI is InChI=1S/C27H42BrN3O3/c1-7-33-23-17-20-16-21(28)8-9-22(20)24(23)31-15-14-30(18-19(31)2)27(6)10-12-29(13-11-27)25(32)34-26(3,4)5/h8-9,16,19,23-24H,7,10-15,17-18H2,1-6H3/t19-,23+,24?/m0/s1. The molecule has 1 aromatic rings. The lowest BCUT2D eigenvalue weighted by atomic mass is 9.86. The molecule has 0 aromatic heterocycles. The summed E-state index contributed by atoms with van der Waals surface area (Å²) in [6.45, 7) is 18.0. The molecule has 2 heterocycles. The molecule has 7 heteroatoms. The number of hydrogen-bond donors (Lipinski definition) is 0. The van der Waals surface area contributed by atoms with E-state index in [2.05, 4.69) is 64.7 Å². The highest BCUT2D eigenvalue weighted by atomic mass is 79.9. The molecule has 0 N–H and O–H groups in total. The fourth-order valence-electron chi connectivity index (χ4n) is 6.01. The second kappa shape index (κ2) is 10.1. The Morgan fingerprint density at radius 2 is 1.88 bits per heavy atom. The van der Waals surface area contributed by atoms with Gasteiger partial charge in [0.1, 0.15) is 5.60 Å². The normalized spacial score (nSPS) is 28.1. The molecule has 190 valence electrons. The number of benzene rings is 1. The minimum Gasteiger partial charge on any atom is -0.444 e. The van der Waals surface area contributed by atoms with Crippen molar-refractivity contribution in [2.45, 2.75) is 90.1 Å². The summed E-state index contributed by atoms with van der Waals surface area (Å²) in [5.41, 5.74) is 2.52. The predicted octanol–water partition coefficient (Wildman–Crippen LogP) is 5.25. The van der Waals surface area contributed by atoms with Crippen LogP contribution in [0.25, 0.3) is 0 Å². The Kier molecular flexibility index (Phi) is 7.68. The van der Waals surface area contributed by atoms with Crippen LogP contribution in [0.5, 0.6) is 0 Å². The topological polar surface area (TPSA) is 45.2 Å². The molecule has 2 fully saturated rings. The van der Waals surface area contributed by atoms with E-state index in [0.717, 1.165) is 63.1 Å². The van der Waals surface area contributed by atoms with Gasteiger partial charge in [0.15, 0.2) is 0 Å². The van der Waals surface area contributed by atoms with Crippen LogP contribution in [0.3, 0.4) is 0 Å². The molecule has 1 unspecified atom stereocenters. The van der Waals surface area contributed by atoms with E-state index in [-0.39, 0.29) is 17.7 Å². The van der Waals surface area contributed by atoms with Crippen LogP contribution in [-0.2, 0) is 15.9 Å². The number of nitrogens with zero attached hydrogens (tertiary/aromatic N) is 3. The lowest BCUT2D eigenvalue weighted by Gasteiger charge is -2.53. The molecule has 3 atom stereocenters. The SMILES string of the molecule is CCO[C@@H]1Cc2cc(Br)ccc2C1N1CCN(C2(C)CCN(C(=O)OC(C)(C)C)CC2)C[C@@H]1C. The van der Waals surface area contributed by atoms with E-state index in [1.54, 1.807) is 0 Å². The van der Waals surface area contributed by atoms with Crippen LogP contribution in [0.2, 0.25) is 0 Å². The third-order valence-electron chi connectivity index (χ3n) is 7.87. The van der Waals surface area contributed by atoms with Crippen LogP contribution < -0.4 is 0 Å². The molecule has 1 aromatic carbocycles. The number of amides is 1. The predicted molar refractivity (Wildman–Crippen MR) is 139 cm³/mol. The van der Waals surface area contributed by atoms with Crippen molar-refractivity contribution in [2.75, 3.05) is 39.3 Å². The number of fused-ring (bicyclic) bond motifs is 1. The molecule has 2 aliphatic heterocycles. The molecular weight excluding hydrogens is 494 g/mol. The molecule has 2 saturated heterocycles. The second-order valence-electron chi connectivity index (χ2n) is 11.5. The minimum atomic E-state index is -0.447. The Hall–Kier alpha value is -1.15. The highest BCUT2D eigenvalue weighted by Crippen LogP contribution is 2.41. The summed E-state index contributed by atoms with van der Waals surface area (Å²) in [5, 5.41) is 0. The third-order valence-corrected chi connectivity index (χ3v) is 8.36. The number of piperidine rings is 1. The first-order valence-corrected chi connectivity index (χ1v) is 13.7. The van der Waals surface area contributed by atoms with Gasteiger partial charge in [-0.05, 0) is 77.6 Å². The zero-order valence-electron chi connectivity index (χ0n) is 21.8. The van der Waals surface area contributed by atoms with Crippen LogP contribution in [0.15, 0.2) is 22.7 Å². The first-order valence-electron chi connectivity index (χ1n) is 12.9. The van der Waals surface area contributed by atoms with E-state index in [4.69, 9.17) is 9.47 Å². The number of carbonyl (C=O) groups excluding carboxylic acids is 1. The zero-order valence-corrected chi connectivity index (χ0v) is 23.4. The van der Waals surface area contributed by atoms with E-state index in [1.807, 2.05) is 25.7 Å². The maximum Gasteiger partial charge on any atom is 0.410 e. The zero-order chi connectivity index (χ0) is 24.7. The van der Waals surface area contributed by atoms with E-state index < -0.39 is 5.60 Å². The van der Waals surface area contributed by atoms with Gasteiger partial charge in [0, 0.05) is 61.8 Å². The first kappa shape index (κ1) is 25.9. The molecule has 4 rings (SSSR count). The molecule has 0 bridgehead atoms. The molecule has 1 amide bonds. The molecular formula is C27H42BrN3O3. The van der Waals surface area contributed by atoms with Gasteiger partial charge in [-0.3, -0.25) is 9.80 Å². The van der Waals surface area contributed by atoms with Crippen LogP contribution >= 0.6 is 15.9 Å². The lowest BCUT2D eigenvalue weighted by Crippen LogP contribution is -2.63. The van der Waals surface area contributed by atoms with Gasteiger partial charge in [0.05, 0.1) is 12.1 Å². The fourth-order valence-corrected chi connectivity index (χ4v) is 6.42. The van der Waals surface area contributed by atoms with Gasteiger partial charge < -0.3 is 14.4 Å². The average molecular weight is 537 g/mol. The van der Waals surface area contributed by atoms with Crippen LogP contribution in [0.1, 0.15) is 71.6 Å². The van der Waals surface area contributed by atoms with Gasteiger partial charge in [-0.2, -0.15) is 0 Å². The minimum absolute atomic E-state index is 0.122. The Labute approximate surface area is 214 Å². The Bertz CT molecular complexity index is 878. The molecule has 1 aliphatic carbocycles. The van der Waals surface area contributed by atoms with Crippen molar-refractivity contribution in [1.82, 2.24) is 14.7 Å². The summed E-state index contributed by atoms with van der Waals surface area (Å²) in [7, 11) is 0. The van der Waals surface area contributed by atoms with E-state index in [0.29, 0.717) is 12.1 Å². The molecule has 0 radical (unpaired) electrons. The quantitative estimate of drug-likeness (QED) is 0.526. The Morgan fingerprint density at radius 3 is 2.50 bits per heavy atom. The van der Waals surface area contributed by atoms with E-state index >= 15 is 0 Å². The van der Waals surface area contributed by atoms with E-state index in [9.17, 15) is 4.79 Å². The maximum atomic E-state index is 12.5. The highest BCUT2D eigenvalue weighted by Gasteiger charge is 2.44. The summed E-state index contributed by atoms with van der Waals surface area (Å²) in [5.74, 6) is 0. The second-order valence-corrected chi connectivity index (χ2v) is 12.4. The first-order chi connectivity index (χ1) is 16.0. The van der Waals surface area contributed by atoms with Crippen LogP contribution in [0.4, 0.5) is 4.79 Å². The summed E-state index contributed by atoms with van der Waals surface area (Å²) in [6.07, 6.45) is 3.00. The van der Waals surface area contributed by atoms with Crippen molar-refractivity contribution in [3.05, 3.63) is 33.8 Å². The van der Waals surface area contributed by atoms with Crippen molar-refractivity contribution in [1.29, 1.82) is 0 Å². The number of likely N-dealkylation sites (tertiary alicyclic amines) is 1. The molecule has 0 spiro atoms. The largest absolute Gasteiger partial charge is 0.444 e. The number of hydrogen-bond acceptors (Lipinski definition) is 5. The number of rotatable bonds is 4. The number of piperazine rings is 1. The number of ether oxygens (including phenoxy) is 2. The van der Waals surface area contributed by atoms with Gasteiger partial charge in [-0.15, -0.1) is 0 Å². The van der Waals surface area contributed by atoms with Gasteiger partial charge >= 0.3 is 6.09 Å². The lowest BCUT2D eigenvalue weighted by molar-refractivity contribution is -0.0652. The van der Waals surface area contributed by atoms with Crippen molar-refractivity contribution in [3.8, 4) is 0 Å². The molecule has 3 aliphatic rings. The molecule has 34 heavy (non-hydrogen) atoms. The van der Waals surface area contributed by atoms with Gasteiger partial charge in [-0.1, -0.05) is 22.0 Å². The number of carbonyl (C=O) groups is 1. The fraction of sp³-hybridized carbons (Fsp3) is 0.741. The van der Waals surface area contributed by atoms with Gasteiger partial charge in [0.25, 0.3) is 0 Å². The van der Waals surface area contributed by atoms with Crippen molar-refractivity contribution >= 4 is 22.0 Å². The summed E-state index contributed by atoms with van der Waals surface area (Å²) in [6, 6.07) is 7.48. The van der Waals surface area contributed by atoms with E-state index in [1.165, 1.54) is 11.1 Å². The summed E-state index contributed by atoms with van der Waals surface area (Å²) < 4.78 is 13.0.